The molecule has 2 rings (SSSR count). The quantitative estimate of drug-likeness (QED) is 0.919. The van der Waals surface area contributed by atoms with Crippen LogP contribution in [0.1, 0.15) is 38.3 Å². The molecule has 0 saturated heterocycles. The molecule has 0 aliphatic heterocycles. The zero-order chi connectivity index (χ0) is 14.0. The van der Waals surface area contributed by atoms with Crippen LogP contribution in [0.25, 0.3) is 5.69 Å². The minimum Gasteiger partial charge on any atom is -0.368 e. The van der Waals surface area contributed by atoms with Crippen LogP contribution in [-0.2, 0) is 4.74 Å². The third-order valence-corrected chi connectivity index (χ3v) is 2.80. The number of nitrogens with one attached hydrogen (secondary N) is 1. The average Bonchev–Trinajstić information content (AvgIpc) is 2.70. The molecule has 19 heavy (non-hydrogen) atoms. The minimum absolute atomic E-state index is 0.0766. The summed E-state index contributed by atoms with van der Waals surface area (Å²) in [6.07, 6.45) is -0.174. The van der Waals surface area contributed by atoms with Gasteiger partial charge in [-0.1, -0.05) is 12.1 Å². The maximum absolute atomic E-state index is 11.9. The number of aromatic amines is 1. The van der Waals surface area contributed by atoms with Crippen molar-refractivity contribution in [3.05, 3.63) is 46.1 Å². The van der Waals surface area contributed by atoms with E-state index in [9.17, 15) is 4.79 Å². The molecule has 1 N–H and O–H groups in total. The third-order valence-electron chi connectivity index (χ3n) is 2.80. The van der Waals surface area contributed by atoms with Gasteiger partial charge >= 0.3 is 5.69 Å². The maximum atomic E-state index is 11.9. The highest BCUT2D eigenvalue weighted by Crippen LogP contribution is 2.18. The van der Waals surface area contributed by atoms with Crippen LogP contribution >= 0.6 is 0 Å². The second kappa shape index (κ2) is 5.40. The number of hydrogen-bond donors (Lipinski definition) is 1. The fourth-order valence-electron chi connectivity index (χ4n) is 2.07. The summed E-state index contributed by atoms with van der Waals surface area (Å²) in [5.74, 6) is 0.587. The van der Waals surface area contributed by atoms with Crippen LogP contribution in [0.15, 0.2) is 29.1 Å². The van der Waals surface area contributed by atoms with E-state index in [0.717, 1.165) is 11.3 Å². The van der Waals surface area contributed by atoms with Gasteiger partial charge in [0.15, 0.2) is 5.82 Å². The van der Waals surface area contributed by atoms with Gasteiger partial charge in [0, 0.05) is 0 Å². The topological polar surface area (TPSA) is 59.9 Å². The van der Waals surface area contributed by atoms with Crippen LogP contribution in [0.4, 0.5) is 0 Å². The van der Waals surface area contributed by atoms with Crippen molar-refractivity contribution >= 4 is 0 Å². The van der Waals surface area contributed by atoms with E-state index in [1.165, 1.54) is 0 Å². The van der Waals surface area contributed by atoms with E-state index < -0.39 is 0 Å². The predicted octanol–water partition coefficient (Wildman–Crippen LogP) is 2.36. The Balaban J connectivity index is 2.46. The van der Waals surface area contributed by atoms with Gasteiger partial charge in [0.05, 0.1) is 11.8 Å². The standard InChI is InChI=1S/C14H19N3O2/c1-9(2)19-11(4)13-15-16-14(18)17(13)12-7-5-6-10(3)8-12/h5-9,11H,1-4H3,(H,16,18)/t11-/m0/s1. The average molecular weight is 261 g/mol. The number of benzene rings is 1. The van der Waals surface area contributed by atoms with Gasteiger partial charge in [0.1, 0.15) is 6.10 Å². The maximum Gasteiger partial charge on any atom is 0.348 e. The molecule has 1 aromatic heterocycles. The van der Waals surface area contributed by atoms with Crippen molar-refractivity contribution in [2.24, 2.45) is 0 Å². The highest BCUT2D eigenvalue weighted by molar-refractivity contribution is 5.36. The molecule has 5 nitrogen and oxygen atoms in total. The van der Waals surface area contributed by atoms with Crippen molar-refractivity contribution in [3.8, 4) is 5.69 Å². The number of aryl methyl sites for hydroxylation is 1. The van der Waals surface area contributed by atoms with Gasteiger partial charge in [0.2, 0.25) is 0 Å². The highest BCUT2D eigenvalue weighted by Gasteiger charge is 2.18. The fourth-order valence-corrected chi connectivity index (χ4v) is 2.07. The van der Waals surface area contributed by atoms with E-state index in [-0.39, 0.29) is 17.9 Å². The molecule has 0 saturated carbocycles. The Labute approximate surface area is 112 Å². The Morgan fingerprint density at radius 3 is 2.68 bits per heavy atom. The summed E-state index contributed by atoms with van der Waals surface area (Å²) in [6, 6.07) is 7.74. The monoisotopic (exact) mass is 261 g/mol. The smallest absolute Gasteiger partial charge is 0.348 e. The van der Waals surface area contributed by atoms with Crippen LogP contribution in [0.5, 0.6) is 0 Å². The fraction of sp³-hybridized carbons (Fsp3) is 0.429. The largest absolute Gasteiger partial charge is 0.368 e. The molecule has 0 radical (unpaired) electrons. The Bertz CT molecular complexity index is 613. The zero-order valence-corrected chi connectivity index (χ0v) is 11.7. The van der Waals surface area contributed by atoms with E-state index in [2.05, 4.69) is 10.2 Å². The van der Waals surface area contributed by atoms with Crippen LogP contribution in [-0.4, -0.2) is 20.9 Å². The van der Waals surface area contributed by atoms with Crippen LogP contribution < -0.4 is 5.69 Å². The first kappa shape index (κ1) is 13.5. The van der Waals surface area contributed by atoms with Gasteiger partial charge in [-0.25, -0.2) is 14.5 Å². The van der Waals surface area contributed by atoms with Gasteiger partial charge in [-0.3, -0.25) is 0 Å². The summed E-state index contributed by atoms with van der Waals surface area (Å²) < 4.78 is 7.26. The lowest BCUT2D eigenvalue weighted by Gasteiger charge is -2.16. The Morgan fingerprint density at radius 2 is 2.05 bits per heavy atom. The SMILES string of the molecule is Cc1cccc(-n2c([C@H](C)OC(C)C)n[nH]c2=O)c1. The van der Waals surface area contributed by atoms with Gasteiger partial charge in [-0.05, 0) is 45.4 Å². The van der Waals surface area contributed by atoms with Crippen LogP contribution in [0.2, 0.25) is 0 Å². The number of ether oxygens (including phenoxy) is 1. The molecule has 0 spiro atoms. The molecule has 0 amide bonds. The summed E-state index contributed by atoms with van der Waals surface area (Å²) in [5, 5.41) is 6.56. The van der Waals surface area contributed by atoms with E-state index in [1.807, 2.05) is 52.0 Å². The lowest BCUT2D eigenvalue weighted by molar-refractivity contribution is 0.0118. The van der Waals surface area contributed by atoms with Gasteiger partial charge in [-0.2, -0.15) is 5.10 Å². The Morgan fingerprint density at radius 1 is 1.32 bits per heavy atom. The van der Waals surface area contributed by atoms with Crippen LogP contribution in [0.3, 0.4) is 0 Å². The lowest BCUT2D eigenvalue weighted by Crippen LogP contribution is -2.20. The van der Waals surface area contributed by atoms with Crippen molar-refractivity contribution in [1.82, 2.24) is 14.8 Å². The molecule has 1 heterocycles. The highest BCUT2D eigenvalue weighted by atomic mass is 16.5. The summed E-state index contributed by atoms with van der Waals surface area (Å²) in [5.41, 5.74) is 1.64. The van der Waals surface area contributed by atoms with Crippen molar-refractivity contribution in [3.63, 3.8) is 0 Å². The van der Waals surface area contributed by atoms with E-state index in [0.29, 0.717) is 5.82 Å². The minimum atomic E-state index is -0.250. The zero-order valence-electron chi connectivity index (χ0n) is 11.7. The molecular formula is C14H19N3O2. The van der Waals surface area contributed by atoms with E-state index >= 15 is 0 Å². The second-order valence-corrected chi connectivity index (χ2v) is 4.89. The lowest BCUT2D eigenvalue weighted by atomic mass is 10.2. The van der Waals surface area contributed by atoms with Crippen molar-refractivity contribution in [2.45, 2.75) is 39.9 Å². The predicted molar refractivity (Wildman–Crippen MR) is 73.6 cm³/mol. The molecule has 0 aliphatic rings. The molecule has 0 aliphatic carbocycles. The molecule has 1 atom stereocenters. The summed E-state index contributed by atoms with van der Waals surface area (Å²) in [7, 11) is 0. The first-order valence-corrected chi connectivity index (χ1v) is 6.39. The Kier molecular flexibility index (Phi) is 3.85. The van der Waals surface area contributed by atoms with Gasteiger partial charge < -0.3 is 4.74 Å². The molecule has 0 fully saturated rings. The molecule has 5 heteroatoms. The number of nitrogens with zero attached hydrogens (tertiary/aromatic N) is 2. The second-order valence-electron chi connectivity index (χ2n) is 4.89. The molecular weight excluding hydrogens is 242 g/mol. The first-order valence-electron chi connectivity index (χ1n) is 6.39. The molecule has 102 valence electrons. The van der Waals surface area contributed by atoms with Gasteiger partial charge in [0.25, 0.3) is 0 Å². The summed E-state index contributed by atoms with van der Waals surface area (Å²) in [4.78, 5) is 11.9. The van der Waals surface area contributed by atoms with Gasteiger partial charge in [-0.15, -0.1) is 0 Å². The van der Waals surface area contributed by atoms with Crippen molar-refractivity contribution < 1.29 is 4.74 Å². The number of hydrogen-bond acceptors (Lipinski definition) is 3. The van der Waals surface area contributed by atoms with E-state index in [4.69, 9.17) is 4.74 Å². The van der Waals surface area contributed by atoms with Crippen molar-refractivity contribution in [2.75, 3.05) is 0 Å². The Hall–Kier alpha value is -1.88. The molecule has 1 aromatic carbocycles. The molecule has 0 unspecified atom stereocenters. The first-order chi connectivity index (χ1) is 8.99. The normalized spacial score (nSPS) is 12.9. The molecule has 0 bridgehead atoms. The number of aromatic nitrogens is 3. The third kappa shape index (κ3) is 2.93. The molecule has 2 aromatic rings. The number of H-pyrrole nitrogens is 1. The van der Waals surface area contributed by atoms with Crippen LogP contribution in [0, 0.1) is 6.92 Å². The summed E-state index contributed by atoms with van der Waals surface area (Å²) in [6.45, 7) is 7.79. The number of rotatable bonds is 4. The van der Waals surface area contributed by atoms with Crippen molar-refractivity contribution in [1.29, 1.82) is 0 Å². The van der Waals surface area contributed by atoms with E-state index in [1.54, 1.807) is 4.57 Å². The summed E-state index contributed by atoms with van der Waals surface area (Å²) >= 11 is 0.